The molecule has 2 N–H and O–H groups in total. The molecule has 150 valence electrons. The van der Waals surface area contributed by atoms with E-state index >= 15 is 0 Å². The molecule has 2 unspecified atom stereocenters. The van der Waals surface area contributed by atoms with Crippen LogP contribution in [0.3, 0.4) is 0 Å². The fourth-order valence-corrected chi connectivity index (χ4v) is 3.88. The highest BCUT2D eigenvalue weighted by Gasteiger charge is 2.54. The van der Waals surface area contributed by atoms with Crippen molar-refractivity contribution in [1.29, 1.82) is 0 Å². The van der Waals surface area contributed by atoms with E-state index in [4.69, 9.17) is 42.1 Å². The van der Waals surface area contributed by atoms with Gasteiger partial charge in [0.15, 0.2) is 0 Å². The van der Waals surface area contributed by atoms with Crippen LogP contribution in [0.5, 0.6) is 0 Å². The van der Waals surface area contributed by atoms with Crippen molar-refractivity contribution in [1.82, 2.24) is 0 Å². The third-order valence-electron chi connectivity index (χ3n) is 4.77. The Morgan fingerprint density at radius 3 is 1.50 bits per heavy atom. The molecule has 6 nitrogen and oxygen atoms in total. The molecule has 2 heterocycles. The van der Waals surface area contributed by atoms with Gasteiger partial charge in [-0.3, -0.25) is 0 Å². The predicted octanol–water partition coefficient (Wildman–Crippen LogP) is 2.64. The van der Waals surface area contributed by atoms with Crippen molar-refractivity contribution in [2.45, 2.75) is 34.9 Å². The van der Waals surface area contributed by atoms with Crippen molar-refractivity contribution >= 4 is 23.2 Å². The molecule has 28 heavy (non-hydrogen) atoms. The fraction of sp³-hybridized carbons (Fsp3) is 0.400. The number of hydrogen-bond donors (Lipinski definition) is 2. The van der Waals surface area contributed by atoms with Crippen LogP contribution in [0.15, 0.2) is 60.7 Å². The molecule has 0 saturated carbocycles. The van der Waals surface area contributed by atoms with Gasteiger partial charge < -0.3 is 29.2 Å². The highest BCUT2D eigenvalue weighted by Crippen LogP contribution is 2.44. The molecule has 2 fully saturated rings. The van der Waals surface area contributed by atoms with Crippen molar-refractivity contribution in [3.63, 3.8) is 0 Å². The Bertz CT molecular complexity index is 728. The summed E-state index contributed by atoms with van der Waals surface area (Å²) in [7, 11) is 0. The van der Waals surface area contributed by atoms with Crippen molar-refractivity contribution in [3.05, 3.63) is 71.8 Å². The van der Waals surface area contributed by atoms with Crippen LogP contribution < -0.4 is 0 Å². The van der Waals surface area contributed by atoms with Crippen LogP contribution in [0, 0.1) is 0 Å². The zero-order valence-electron chi connectivity index (χ0n) is 14.8. The average Bonchev–Trinajstić information content (AvgIpc) is 3.11. The van der Waals surface area contributed by atoms with Crippen LogP contribution >= 0.6 is 23.2 Å². The fourth-order valence-electron chi connectivity index (χ4n) is 3.30. The first-order valence-corrected chi connectivity index (χ1v) is 9.65. The molecule has 2 aromatic carbocycles. The molecule has 6 atom stereocenters. The lowest BCUT2D eigenvalue weighted by Gasteiger charge is -2.29. The second kappa shape index (κ2) is 7.89. The SMILES string of the molecule is O[C@@H]1COC(Cl)(c2ccccc2)OC[C@H](O)[C@H]2OC(Cl)(c3ccccc3)O[C@@H]21. The first kappa shape index (κ1) is 20.1. The predicted molar refractivity (Wildman–Crippen MR) is 102 cm³/mol. The second-order valence-corrected chi connectivity index (χ2v) is 7.72. The lowest BCUT2D eigenvalue weighted by atomic mass is 10.0. The molecule has 2 aromatic rings. The Kier molecular flexibility index (Phi) is 5.66. The van der Waals surface area contributed by atoms with E-state index in [1.54, 1.807) is 48.5 Å². The summed E-state index contributed by atoms with van der Waals surface area (Å²) in [4.78, 5) is 0. The smallest absolute Gasteiger partial charge is 0.277 e. The lowest BCUT2D eigenvalue weighted by molar-refractivity contribution is -0.216. The first-order valence-electron chi connectivity index (χ1n) is 8.90. The van der Waals surface area contributed by atoms with E-state index in [0.29, 0.717) is 11.1 Å². The molecule has 0 aromatic heterocycles. The van der Waals surface area contributed by atoms with Gasteiger partial charge in [-0.25, -0.2) is 0 Å². The van der Waals surface area contributed by atoms with Gasteiger partial charge in [0.25, 0.3) is 10.5 Å². The number of aliphatic hydroxyl groups is 2. The van der Waals surface area contributed by atoms with Crippen molar-refractivity contribution in [2.24, 2.45) is 0 Å². The molecule has 8 heteroatoms. The summed E-state index contributed by atoms with van der Waals surface area (Å²) in [5.74, 6) is 0. The van der Waals surface area contributed by atoms with Gasteiger partial charge in [0, 0.05) is 11.1 Å². The van der Waals surface area contributed by atoms with Crippen LogP contribution in [0.25, 0.3) is 0 Å². The minimum Gasteiger partial charge on any atom is -0.388 e. The molecule has 2 aliphatic heterocycles. The second-order valence-electron chi connectivity index (χ2n) is 6.73. The average molecular weight is 427 g/mol. The Hall–Kier alpha value is -1.22. The van der Waals surface area contributed by atoms with Gasteiger partial charge in [-0.2, -0.15) is 0 Å². The van der Waals surface area contributed by atoms with Crippen LogP contribution in [0.2, 0.25) is 0 Å². The molecule has 0 aliphatic carbocycles. The normalized spacial score (nSPS) is 38.9. The van der Waals surface area contributed by atoms with Crippen LogP contribution in [-0.4, -0.2) is 47.8 Å². The van der Waals surface area contributed by atoms with E-state index in [1.807, 2.05) is 12.1 Å². The van der Waals surface area contributed by atoms with E-state index in [1.165, 1.54) is 0 Å². The lowest BCUT2D eigenvalue weighted by Crippen LogP contribution is -2.44. The van der Waals surface area contributed by atoms with Crippen molar-refractivity contribution < 1.29 is 29.2 Å². The van der Waals surface area contributed by atoms with E-state index in [9.17, 15) is 10.2 Å². The minimum atomic E-state index is -1.65. The number of alkyl halides is 2. The Labute approximate surface area is 172 Å². The molecule has 2 saturated heterocycles. The summed E-state index contributed by atoms with van der Waals surface area (Å²) in [6, 6.07) is 17.8. The molecule has 4 rings (SSSR count). The number of halogens is 2. The van der Waals surface area contributed by atoms with Crippen molar-refractivity contribution in [2.75, 3.05) is 13.2 Å². The number of benzene rings is 2. The summed E-state index contributed by atoms with van der Waals surface area (Å²) in [5.41, 5.74) is 1.10. The summed E-state index contributed by atoms with van der Waals surface area (Å²) < 4.78 is 23.0. The number of fused-ring (bicyclic) bond motifs is 1. The van der Waals surface area contributed by atoms with Gasteiger partial charge in [-0.1, -0.05) is 83.9 Å². The Morgan fingerprint density at radius 1 is 0.679 bits per heavy atom. The van der Waals surface area contributed by atoms with Crippen molar-refractivity contribution in [3.8, 4) is 0 Å². The summed E-state index contributed by atoms with van der Waals surface area (Å²) >= 11 is 13.0. The Morgan fingerprint density at radius 2 is 1.07 bits per heavy atom. The van der Waals surface area contributed by atoms with Gasteiger partial charge in [0.1, 0.15) is 24.4 Å². The Balaban J connectivity index is 1.58. The first-order chi connectivity index (χ1) is 13.4. The van der Waals surface area contributed by atoms with E-state index in [0.717, 1.165) is 0 Å². The van der Waals surface area contributed by atoms with E-state index in [-0.39, 0.29) is 13.2 Å². The third kappa shape index (κ3) is 3.79. The zero-order valence-corrected chi connectivity index (χ0v) is 16.3. The minimum absolute atomic E-state index is 0.211. The van der Waals surface area contributed by atoms with Gasteiger partial charge in [0.05, 0.1) is 13.2 Å². The van der Waals surface area contributed by atoms with Gasteiger partial charge in [-0.15, -0.1) is 0 Å². The van der Waals surface area contributed by atoms with Crippen LogP contribution in [0.1, 0.15) is 11.1 Å². The molecule has 0 radical (unpaired) electrons. The number of rotatable bonds is 2. The third-order valence-corrected chi connectivity index (χ3v) is 5.61. The summed E-state index contributed by atoms with van der Waals surface area (Å²) in [6.45, 7) is -0.422. The zero-order chi connectivity index (χ0) is 19.8. The molecular formula is C20H20Cl2O6. The van der Waals surface area contributed by atoms with Gasteiger partial charge >= 0.3 is 0 Å². The highest BCUT2D eigenvalue weighted by molar-refractivity contribution is 6.22. The van der Waals surface area contributed by atoms with Crippen LogP contribution in [-0.2, 0) is 29.4 Å². The maximum Gasteiger partial charge on any atom is 0.277 e. The monoisotopic (exact) mass is 426 g/mol. The highest BCUT2D eigenvalue weighted by atomic mass is 35.5. The van der Waals surface area contributed by atoms with E-state index in [2.05, 4.69) is 0 Å². The molecule has 2 aliphatic rings. The van der Waals surface area contributed by atoms with Gasteiger partial charge in [0.2, 0.25) is 0 Å². The largest absolute Gasteiger partial charge is 0.388 e. The number of ether oxygens (including phenoxy) is 4. The topological polar surface area (TPSA) is 77.4 Å². The molecular weight excluding hydrogens is 407 g/mol. The quantitative estimate of drug-likeness (QED) is 0.718. The van der Waals surface area contributed by atoms with E-state index < -0.39 is 34.9 Å². The number of aliphatic hydroxyl groups excluding tert-OH is 2. The molecule has 0 spiro atoms. The number of hydrogen-bond acceptors (Lipinski definition) is 6. The standard InChI is InChI=1S/C20H20Cl2O6/c21-19(13-7-3-1-4-8-13)25-11-15(23)17-18(16(24)12-26-19)28-20(22,27-17)14-9-5-2-6-10-14/h1-10,15-18,23-24H,11-12H2/t15-,16+,17-,18-,19?,20?/m1/s1. The maximum absolute atomic E-state index is 10.7. The summed E-state index contributed by atoms with van der Waals surface area (Å²) in [6.07, 6.45) is -4.20. The van der Waals surface area contributed by atoms with Crippen LogP contribution in [0.4, 0.5) is 0 Å². The molecule has 0 bridgehead atoms. The van der Waals surface area contributed by atoms with Gasteiger partial charge in [-0.05, 0) is 0 Å². The summed E-state index contributed by atoms with van der Waals surface area (Å²) in [5, 5.41) is 18.1. The molecule has 0 amide bonds. The maximum atomic E-state index is 10.7.